The number of carbonyl (C=O) groups excluding carboxylic acids is 1. The summed E-state index contributed by atoms with van der Waals surface area (Å²) >= 11 is 0. The molecule has 0 aromatic carbocycles. The Hall–Kier alpha value is -2.19. The van der Waals surface area contributed by atoms with Crippen LogP contribution in [0.1, 0.15) is 105 Å². The third-order valence-electron chi connectivity index (χ3n) is 9.92. The van der Waals surface area contributed by atoms with Crippen LogP contribution in [-0.4, -0.2) is 109 Å². The zero-order chi connectivity index (χ0) is 37.6. The van der Waals surface area contributed by atoms with Gasteiger partial charge in [-0.15, -0.1) is 0 Å². The average Bonchev–Trinajstić information content (AvgIpc) is 3.01. The van der Waals surface area contributed by atoms with Gasteiger partial charge in [-0.2, -0.15) is 0 Å². The van der Waals surface area contributed by atoms with Crippen molar-refractivity contribution in [1.29, 1.82) is 0 Å². The second-order valence-corrected chi connectivity index (χ2v) is 15.4. The predicted molar refractivity (Wildman–Crippen MR) is 194 cm³/mol. The summed E-state index contributed by atoms with van der Waals surface area (Å²) in [7, 11) is 0. The third-order valence-corrected chi connectivity index (χ3v) is 9.92. The van der Waals surface area contributed by atoms with Crippen LogP contribution in [0.2, 0.25) is 0 Å². The van der Waals surface area contributed by atoms with Crippen LogP contribution in [0, 0.1) is 11.8 Å². The van der Waals surface area contributed by atoms with E-state index in [4.69, 9.17) is 14.2 Å². The van der Waals surface area contributed by atoms with Crippen molar-refractivity contribution in [1.82, 2.24) is 0 Å². The van der Waals surface area contributed by atoms with Gasteiger partial charge in [0.25, 0.3) is 0 Å². The van der Waals surface area contributed by atoms with Crippen molar-refractivity contribution in [3.8, 4) is 0 Å². The number of aliphatic hydroxyl groups excluding tert-OH is 7. The molecule has 3 aliphatic rings. The van der Waals surface area contributed by atoms with E-state index in [2.05, 4.69) is 0 Å². The van der Waals surface area contributed by atoms with Gasteiger partial charge >= 0.3 is 5.97 Å². The molecule has 3 bridgehead atoms. The molecule has 0 amide bonds. The molecule has 0 aromatic rings. The number of cyclic esters (lactones) is 1. The van der Waals surface area contributed by atoms with E-state index in [1.165, 1.54) is 0 Å². The summed E-state index contributed by atoms with van der Waals surface area (Å²) in [5.41, 5.74) is 0.462. The molecule has 0 aliphatic carbocycles. The molecule has 2 saturated heterocycles. The maximum atomic E-state index is 12.8. The Morgan fingerprint density at radius 2 is 1.10 bits per heavy atom. The van der Waals surface area contributed by atoms with Crippen molar-refractivity contribution in [2.24, 2.45) is 11.8 Å². The molecule has 0 aromatic heterocycles. The molecule has 0 saturated carbocycles. The van der Waals surface area contributed by atoms with Gasteiger partial charge < -0.3 is 50.0 Å². The lowest BCUT2D eigenvalue weighted by atomic mass is 9.87. The maximum Gasteiger partial charge on any atom is 0.334 e. The SMILES string of the molecule is C\C1=C/C=C/C=C/C=C/C=C/C[C@@H]2C[C@H](O)C[C@]3(C[C@H](O)C[C@@H](C[C@H](O)C[C@@H](O)C[C@H](O)C[C@@H](O)C[C@@H](O)CC[C@H](C)[C@H](C(C)C)OC1=O)O3)O2. The van der Waals surface area contributed by atoms with Gasteiger partial charge in [0.1, 0.15) is 6.10 Å². The summed E-state index contributed by atoms with van der Waals surface area (Å²) in [6.07, 6.45) is 11.5. The third kappa shape index (κ3) is 15.8. The molecule has 11 nitrogen and oxygen atoms in total. The molecule has 11 heteroatoms. The highest BCUT2D eigenvalue weighted by atomic mass is 16.7. The Morgan fingerprint density at radius 1 is 0.627 bits per heavy atom. The van der Waals surface area contributed by atoms with Gasteiger partial charge in [-0.05, 0) is 76.5 Å². The molecule has 3 aliphatic heterocycles. The standard InChI is InChI=1S/C40H64O11/c1-26(2)38-27(3)15-16-29(41)17-30(42)18-31(43)19-32(44)20-33(45)21-37-23-35(47)25-40(51-37)24-34(46)22-36(50-40)14-12-10-8-6-5-7-9-11-13-28(4)39(48)49-38/h5-13,26-27,29-38,41-47H,14-25H2,1-4H3/b7-5+,8-6+,11-9+,12-10+,28-13+/t27-,29-,30-,31+,32-,33+,34-,35+,36+,37+,38-,40-/m0/s1. The van der Waals surface area contributed by atoms with Crippen LogP contribution in [0.15, 0.2) is 60.3 Å². The average molecular weight is 721 g/mol. The lowest BCUT2D eigenvalue weighted by Gasteiger charge is -2.48. The topological polar surface area (TPSA) is 186 Å². The highest BCUT2D eigenvalue weighted by molar-refractivity contribution is 5.88. The van der Waals surface area contributed by atoms with Crippen LogP contribution >= 0.6 is 0 Å². The fourth-order valence-corrected chi connectivity index (χ4v) is 7.49. The first-order valence-corrected chi connectivity index (χ1v) is 18.8. The van der Waals surface area contributed by atoms with E-state index in [1.807, 2.05) is 63.3 Å². The van der Waals surface area contributed by atoms with Crippen molar-refractivity contribution >= 4 is 5.97 Å². The number of carbonyl (C=O) groups is 1. The predicted octanol–water partition coefficient (Wildman–Crippen LogP) is 4.08. The molecule has 0 radical (unpaired) electrons. The first-order valence-electron chi connectivity index (χ1n) is 18.8. The van der Waals surface area contributed by atoms with E-state index < -0.39 is 60.6 Å². The van der Waals surface area contributed by atoms with Gasteiger partial charge in [-0.25, -0.2) is 4.79 Å². The molecule has 3 rings (SSSR count). The van der Waals surface area contributed by atoms with Gasteiger partial charge in [-0.1, -0.05) is 75.5 Å². The summed E-state index contributed by atoms with van der Waals surface area (Å²) in [5, 5.41) is 74.6. The minimum atomic E-state index is -1.19. The van der Waals surface area contributed by atoms with Crippen molar-refractivity contribution < 1.29 is 54.8 Å². The van der Waals surface area contributed by atoms with Crippen LogP contribution < -0.4 is 0 Å². The maximum absolute atomic E-state index is 12.8. The van der Waals surface area contributed by atoms with Gasteiger partial charge in [0, 0.05) is 24.8 Å². The highest BCUT2D eigenvalue weighted by Gasteiger charge is 2.48. The van der Waals surface area contributed by atoms with Crippen LogP contribution in [-0.2, 0) is 19.0 Å². The van der Waals surface area contributed by atoms with Gasteiger partial charge in [0.05, 0.1) is 54.9 Å². The fraction of sp³-hybridized carbons (Fsp3) is 0.725. The number of esters is 1. The zero-order valence-corrected chi connectivity index (χ0v) is 30.9. The van der Waals surface area contributed by atoms with Crippen LogP contribution in [0.3, 0.4) is 0 Å². The van der Waals surface area contributed by atoms with Crippen molar-refractivity contribution in [3.05, 3.63) is 60.3 Å². The number of allylic oxidation sites excluding steroid dienone is 8. The van der Waals surface area contributed by atoms with Crippen LogP contribution in [0.5, 0.6) is 0 Å². The zero-order valence-electron chi connectivity index (χ0n) is 30.9. The molecule has 0 unspecified atom stereocenters. The second-order valence-electron chi connectivity index (χ2n) is 15.4. The van der Waals surface area contributed by atoms with Gasteiger partial charge in [-0.3, -0.25) is 0 Å². The molecule has 3 heterocycles. The summed E-state index contributed by atoms with van der Waals surface area (Å²) in [6, 6.07) is 0. The second kappa shape index (κ2) is 21.5. The minimum Gasteiger partial charge on any atom is -0.458 e. The molecule has 1 spiro atoms. The molecule has 290 valence electrons. The van der Waals surface area contributed by atoms with Gasteiger partial charge in [0.15, 0.2) is 5.79 Å². The monoisotopic (exact) mass is 720 g/mol. The van der Waals surface area contributed by atoms with Crippen molar-refractivity contribution in [2.75, 3.05) is 0 Å². The van der Waals surface area contributed by atoms with Crippen LogP contribution in [0.25, 0.3) is 0 Å². The lowest BCUT2D eigenvalue weighted by molar-refractivity contribution is -0.340. The molecule has 12 atom stereocenters. The number of hydrogen-bond acceptors (Lipinski definition) is 11. The van der Waals surface area contributed by atoms with E-state index >= 15 is 0 Å². The largest absolute Gasteiger partial charge is 0.458 e. The fourth-order valence-electron chi connectivity index (χ4n) is 7.49. The summed E-state index contributed by atoms with van der Waals surface area (Å²) in [4.78, 5) is 12.8. The Kier molecular flexibility index (Phi) is 18.2. The normalized spacial score (nSPS) is 42.9. The number of rotatable bonds is 1. The van der Waals surface area contributed by atoms with Crippen molar-refractivity contribution in [2.45, 2.75) is 172 Å². The Bertz CT molecular complexity index is 1190. The Balaban J connectivity index is 1.71. The minimum absolute atomic E-state index is 0.0383. The van der Waals surface area contributed by atoms with E-state index in [-0.39, 0.29) is 75.4 Å². The van der Waals surface area contributed by atoms with Crippen LogP contribution in [0.4, 0.5) is 0 Å². The van der Waals surface area contributed by atoms with Crippen molar-refractivity contribution in [3.63, 3.8) is 0 Å². The Labute approximate surface area is 304 Å². The van der Waals surface area contributed by atoms with E-state index in [0.29, 0.717) is 31.3 Å². The summed E-state index contributed by atoms with van der Waals surface area (Å²) in [6.45, 7) is 7.65. The van der Waals surface area contributed by atoms with E-state index in [1.54, 1.807) is 19.1 Å². The van der Waals surface area contributed by atoms with E-state index in [0.717, 1.165) is 0 Å². The summed E-state index contributed by atoms with van der Waals surface area (Å²) in [5.74, 6) is -1.58. The molecule has 2 fully saturated rings. The molecule has 51 heavy (non-hydrogen) atoms. The smallest absolute Gasteiger partial charge is 0.334 e. The number of ether oxygens (including phenoxy) is 3. The Morgan fingerprint density at radius 3 is 1.69 bits per heavy atom. The molecule has 7 N–H and O–H groups in total. The van der Waals surface area contributed by atoms with E-state index in [9.17, 15) is 40.5 Å². The quantitative estimate of drug-likeness (QED) is 0.194. The first-order chi connectivity index (χ1) is 24.1. The molecular formula is C40H64O11. The highest BCUT2D eigenvalue weighted by Crippen LogP contribution is 2.41. The molecular weight excluding hydrogens is 656 g/mol. The number of fused-ring (bicyclic) bond motifs is 2. The first kappa shape index (κ1) is 43.2. The summed E-state index contributed by atoms with van der Waals surface area (Å²) < 4.78 is 18.5. The lowest BCUT2D eigenvalue weighted by Crippen LogP contribution is -2.55. The number of aliphatic hydroxyl groups is 7. The van der Waals surface area contributed by atoms with Gasteiger partial charge in [0.2, 0.25) is 0 Å². The number of hydrogen-bond donors (Lipinski definition) is 7.